The molecule has 0 spiro atoms. The number of nitrogens with one attached hydrogen (secondary N) is 1. The molecule has 144 valence electrons. The van der Waals surface area contributed by atoms with Gasteiger partial charge in [-0.05, 0) is 59.1 Å². The van der Waals surface area contributed by atoms with Crippen molar-refractivity contribution in [3.8, 4) is 17.2 Å². The summed E-state index contributed by atoms with van der Waals surface area (Å²) in [5.41, 5.74) is 1.82. The van der Waals surface area contributed by atoms with E-state index in [-0.39, 0.29) is 5.91 Å². The fraction of sp³-hybridized carbons (Fsp3) is 0.0476. The van der Waals surface area contributed by atoms with Crippen LogP contribution in [0.25, 0.3) is 5.69 Å². The van der Waals surface area contributed by atoms with E-state index in [0.717, 1.165) is 5.69 Å². The molecule has 1 N–H and O–H groups in total. The molecule has 1 heterocycles. The minimum absolute atomic E-state index is 0.268. The molecule has 4 aromatic rings. The molecule has 0 atom stereocenters. The summed E-state index contributed by atoms with van der Waals surface area (Å²) in [5, 5.41) is 15.2. The van der Waals surface area contributed by atoms with E-state index in [1.54, 1.807) is 22.9 Å². The molecule has 1 aromatic heterocycles. The quantitative estimate of drug-likeness (QED) is 0.480. The molecule has 0 saturated heterocycles. The summed E-state index contributed by atoms with van der Waals surface area (Å²) in [5.74, 6) is 0.881. The monoisotopic (exact) mass is 403 g/mol. The summed E-state index contributed by atoms with van der Waals surface area (Å²) in [4.78, 5) is 12.9. The zero-order chi connectivity index (χ0) is 20.1. The summed E-state index contributed by atoms with van der Waals surface area (Å²) in [6, 6.07) is 23.8. The van der Waals surface area contributed by atoms with E-state index in [9.17, 15) is 4.79 Å². The molecule has 0 radical (unpaired) electrons. The van der Waals surface area contributed by atoms with Crippen molar-refractivity contribution in [1.29, 1.82) is 0 Å². The van der Waals surface area contributed by atoms with Gasteiger partial charge in [0.25, 0.3) is 5.91 Å². The van der Waals surface area contributed by atoms with Crippen LogP contribution >= 0.6 is 11.8 Å². The van der Waals surface area contributed by atoms with E-state index < -0.39 is 0 Å². The lowest BCUT2D eigenvalue weighted by Gasteiger charge is -2.12. The molecule has 29 heavy (non-hydrogen) atoms. The lowest BCUT2D eigenvalue weighted by atomic mass is 10.1. The normalized spacial score (nSPS) is 10.5. The average molecular weight is 403 g/mol. The van der Waals surface area contributed by atoms with Crippen molar-refractivity contribution in [1.82, 2.24) is 20.2 Å². The molecule has 4 rings (SSSR count). The van der Waals surface area contributed by atoms with Crippen LogP contribution in [0.4, 0.5) is 5.69 Å². The van der Waals surface area contributed by atoms with Crippen molar-refractivity contribution in [3.63, 3.8) is 0 Å². The maximum atomic E-state index is 12.9. The molecule has 0 unspecified atom stereocenters. The van der Waals surface area contributed by atoms with E-state index in [1.165, 1.54) is 11.8 Å². The van der Waals surface area contributed by atoms with Crippen LogP contribution in [0.1, 0.15) is 10.4 Å². The van der Waals surface area contributed by atoms with Gasteiger partial charge in [-0.1, -0.05) is 48.2 Å². The number of thioether (sulfide) groups is 1. The SMILES string of the molecule is CSc1nnnn1-c1cccc(NC(=O)c2ccccc2Oc2ccccc2)c1. The Kier molecular flexibility index (Phi) is 5.53. The highest BCUT2D eigenvalue weighted by Crippen LogP contribution is 2.26. The van der Waals surface area contributed by atoms with Gasteiger partial charge >= 0.3 is 0 Å². The van der Waals surface area contributed by atoms with Crippen LogP contribution in [0.3, 0.4) is 0 Å². The van der Waals surface area contributed by atoms with Crippen molar-refractivity contribution in [2.24, 2.45) is 0 Å². The maximum Gasteiger partial charge on any atom is 0.259 e. The molecular weight excluding hydrogens is 386 g/mol. The predicted octanol–water partition coefficient (Wildman–Crippen LogP) is 4.43. The summed E-state index contributed by atoms with van der Waals surface area (Å²) in [6.07, 6.45) is 1.90. The van der Waals surface area contributed by atoms with Gasteiger partial charge in [0.2, 0.25) is 5.16 Å². The minimum atomic E-state index is -0.268. The molecular formula is C21H17N5O2S. The summed E-state index contributed by atoms with van der Waals surface area (Å²) < 4.78 is 7.50. The van der Waals surface area contributed by atoms with Gasteiger partial charge in [0.1, 0.15) is 11.5 Å². The first-order valence-electron chi connectivity index (χ1n) is 8.80. The Morgan fingerprint density at radius 1 is 1.00 bits per heavy atom. The Morgan fingerprint density at radius 3 is 2.62 bits per heavy atom. The molecule has 0 aliphatic carbocycles. The molecule has 3 aromatic carbocycles. The van der Waals surface area contributed by atoms with Crippen LogP contribution in [0, 0.1) is 0 Å². The highest BCUT2D eigenvalue weighted by Gasteiger charge is 2.14. The van der Waals surface area contributed by atoms with Crippen molar-refractivity contribution in [2.75, 3.05) is 11.6 Å². The third-order valence-electron chi connectivity index (χ3n) is 4.07. The Hall–Kier alpha value is -3.65. The molecule has 0 bridgehead atoms. The number of hydrogen-bond donors (Lipinski definition) is 1. The van der Waals surface area contributed by atoms with Gasteiger partial charge in [-0.15, -0.1) is 5.10 Å². The summed E-state index contributed by atoms with van der Waals surface area (Å²) in [6.45, 7) is 0. The van der Waals surface area contributed by atoms with Crippen molar-refractivity contribution in [3.05, 3.63) is 84.4 Å². The lowest BCUT2D eigenvalue weighted by Crippen LogP contribution is -2.13. The van der Waals surface area contributed by atoms with Crippen LogP contribution in [0.5, 0.6) is 11.5 Å². The van der Waals surface area contributed by atoms with E-state index in [2.05, 4.69) is 20.8 Å². The van der Waals surface area contributed by atoms with Crippen LogP contribution in [0.2, 0.25) is 0 Å². The largest absolute Gasteiger partial charge is 0.457 e. The molecule has 1 amide bonds. The van der Waals surface area contributed by atoms with Gasteiger partial charge in [0, 0.05) is 5.69 Å². The zero-order valence-electron chi connectivity index (χ0n) is 15.5. The number of carbonyl (C=O) groups is 1. The number of para-hydroxylation sites is 2. The van der Waals surface area contributed by atoms with Crippen molar-refractivity contribution in [2.45, 2.75) is 5.16 Å². The number of ether oxygens (including phenoxy) is 1. The van der Waals surface area contributed by atoms with E-state index in [4.69, 9.17) is 4.74 Å². The Morgan fingerprint density at radius 2 is 1.79 bits per heavy atom. The number of benzene rings is 3. The average Bonchev–Trinajstić information content (AvgIpc) is 3.24. The maximum absolute atomic E-state index is 12.9. The number of amides is 1. The summed E-state index contributed by atoms with van der Waals surface area (Å²) >= 11 is 1.44. The van der Waals surface area contributed by atoms with Crippen molar-refractivity contribution < 1.29 is 9.53 Å². The topological polar surface area (TPSA) is 81.9 Å². The number of hydrogen-bond acceptors (Lipinski definition) is 6. The van der Waals surface area contributed by atoms with Crippen LogP contribution < -0.4 is 10.1 Å². The summed E-state index contributed by atoms with van der Waals surface area (Å²) in [7, 11) is 0. The second-order valence-electron chi connectivity index (χ2n) is 5.99. The minimum Gasteiger partial charge on any atom is -0.457 e. The molecule has 7 nitrogen and oxygen atoms in total. The van der Waals surface area contributed by atoms with Crippen LogP contribution in [-0.2, 0) is 0 Å². The number of anilines is 1. The highest BCUT2D eigenvalue weighted by atomic mass is 32.2. The van der Waals surface area contributed by atoms with E-state index in [1.807, 2.05) is 66.9 Å². The van der Waals surface area contributed by atoms with E-state index >= 15 is 0 Å². The first-order valence-corrected chi connectivity index (χ1v) is 10.0. The molecule has 0 saturated carbocycles. The zero-order valence-corrected chi connectivity index (χ0v) is 16.3. The number of aromatic nitrogens is 4. The predicted molar refractivity (Wildman–Crippen MR) is 112 cm³/mol. The number of carbonyl (C=O) groups excluding carboxylic acids is 1. The first-order chi connectivity index (χ1) is 14.2. The third-order valence-corrected chi connectivity index (χ3v) is 4.69. The Labute approximate surface area is 171 Å². The second-order valence-corrected chi connectivity index (χ2v) is 6.77. The fourth-order valence-corrected chi connectivity index (χ4v) is 3.17. The lowest BCUT2D eigenvalue weighted by molar-refractivity contribution is 0.102. The second kappa shape index (κ2) is 8.57. The van der Waals surface area contributed by atoms with Gasteiger partial charge in [-0.25, -0.2) is 0 Å². The van der Waals surface area contributed by atoms with E-state index in [0.29, 0.717) is 27.9 Å². The smallest absolute Gasteiger partial charge is 0.259 e. The van der Waals surface area contributed by atoms with Gasteiger partial charge in [0.15, 0.2) is 0 Å². The van der Waals surface area contributed by atoms with Crippen LogP contribution in [-0.4, -0.2) is 32.4 Å². The number of rotatable bonds is 6. The van der Waals surface area contributed by atoms with Gasteiger partial charge in [-0.3, -0.25) is 4.79 Å². The van der Waals surface area contributed by atoms with Crippen molar-refractivity contribution >= 4 is 23.4 Å². The van der Waals surface area contributed by atoms with Gasteiger partial charge in [0.05, 0.1) is 11.3 Å². The Bertz CT molecular complexity index is 1130. The van der Waals surface area contributed by atoms with Crippen LogP contribution in [0.15, 0.2) is 84.0 Å². The fourth-order valence-electron chi connectivity index (χ4n) is 2.74. The molecule has 0 fully saturated rings. The number of nitrogens with zero attached hydrogens (tertiary/aromatic N) is 4. The third kappa shape index (κ3) is 4.27. The molecule has 0 aliphatic heterocycles. The Balaban J connectivity index is 1.57. The molecule has 8 heteroatoms. The first kappa shape index (κ1) is 18.7. The van der Waals surface area contributed by atoms with Gasteiger partial charge < -0.3 is 10.1 Å². The molecule has 0 aliphatic rings. The highest BCUT2D eigenvalue weighted by molar-refractivity contribution is 7.98. The number of tetrazole rings is 1. The standard InChI is InChI=1S/C21H17N5O2S/c1-29-21-23-24-25-26(21)16-9-7-8-15(14-16)22-20(27)18-12-5-6-13-19(18)28-17-10-3-2-4-11-17/h2-14H,1H3,(H,22,27). The van der Waals surface area contributed by atoms with Gasteiger partial charge in [-0.2, -0.15) is 4.68 Å².